The Labute approximate surface area is 91.3 Å². The van der Waals surface area contributed by atoms with Crippen LogP contribution in [0.2, 0.25) is 5.15 Å². The number of rotatable bonds is 1. The highest BCUT2D eigenvalue weighted by molar-refractivity contribution is 14.1. The topological polar surface area (TPSA) is 62.2 Å². The molecule has 0 aromatic carbocycles. The molecule has 0 unspecified atom stereocenters. The van der Waals surface area contributed by atoms with Crippen LogP contribution in [-0.4, -0.2) is 16.2 Å². The van der Waals surface area contributed by atoms with E-state index in [2.05, 4.69) is 4.98 Å². The predicted octanol–water partition coefficient (Wildman–Crippen LogP) is 2.57. The number of amides is 1. The van der Waals surface area contributed by atoms with Gasteiger partial charge in [0.2, 0.25) is 0 Å². The van der Waals surface area contributed by atoms with Crippen LogP contribution in [-0.2, 0) is 0 Å². The van der Waals surface area contributed by atoms with E-state index < -0.39 is 11.9 Å². The van der Waals surface area contributed by atoms with Crippen molar-refractivity contribution in [3.8, 4) is 0 Å². The molecule has 0 saturated carbocycles. The van der Waals surface area contributed by atoms with Crippen molar-refractivity contribution < 1.29 is 14.3 Å². The van der Waals surface area contributed by atoms with Gasteiger partial charge >= 0.3 is 6.09 Å². The highest BCUT2D eigenvalue weighted by Gasteiger charge is 2.12. The summed E-state index contributed by atoms with van der Waals surface area (Å²) in [5.41, 5.74) is 0.0787. The van der Waals surface area contributed by atoms with Crippen molar-refractivity contribution in [3.63, 3.8) is 0 Å². The van der Waals surface area contributed by atoms with Crippen molar-refractivity contribution in [2.45, 2.75) is 0 Å². The average molecular weight is 316 g/mol. The molecule has 4 nitrogen and oxygen atoms in total. The molecule has 1 amide bonds. The summed E-state index contributed by atoms with van der Waals surface area (Å²) in [6, 6.07) is 0. The lowest BCUT2D eigenvalue weighted by Crippen LogP contribution is -2.09. The Bertz CT molecular complexity index is 361. The molecule has 7 heteroatoms. The van der Waals surface area contributed by atoms with E-state index in [1.807, 2.05) is 5.32 Å². The molecule has 0 saturated heterocycles. The zero-order valence-electron chi connectivity index (χ0n) is 6.01. The van der Waals surface area contributed by atoms with Gasteiger partial charge in [-0.25, -0.2) is 14.2 Å². The maximum Gasteiger partial charge on any atom is 0.409 e. The number of nitrogens with one attached hydrogen (secondary N) is 1. The fourth-order valence-electron chi connectivity index (χ4n) is 0.646. The second kappa shape index (κ2) is 4.05. The van der Waals surface area contributed by atoms with E-state index in [1.54, 1.807) is 22.6 Å². The minimum atomic E-state index is -1.28. The number of aromatic nitrogens is 1. The molecular formula is C6H3ClFIN2O2. The molecule has 0 atom stereocenters. The van der Waals surface area contributed by atoms with Crippen molar-refractivity contribution in [1.29, 1.82) is 0 Å². The van der Waals surface area contributed by atoms with Gasteiger partial charge in [0.1, 0.15) is 0 Å². The van der Waals surface area contributed by atoms with Crippen molar-refractivity contribution in [3.05, 3.63) is 20.7 Å². The lowest BCUT2D eigenvalue weighted by Gasteiger charge is -2.04. The van der Waals surface area contributed by atoms with Gasteiger partial charge in [0.05, 0.1) is 15.5 Å². The molecule has 0 aliphatic rings. The second-order valence-corrected chi connectivity index (χ2v) is 3.46. The van der Waals surface area contributed by atoms with Gasteiger partial charge in [-0.2, -0.15) is 0 Å². The van der Waals surface area contributed by atoms with Crippen molar-refractivity contribution in [1.82, 2.24) is 4.98 Å². The zero-order valence-corrected chi connectivity index (χ0v) is 8.93. The first kappa shape index (κ1) is 10.5. The van der Waals surface area contributed by atoms with E-state index in [0.29, 0.717) is 0 Å². The number of pyridine rings is 1. The first-order valence-electron chi connectivity index (χ1n) is 3.02. The number of halogens is 3. The summed E-state index contributed by atoms with van der Waals surface area (Å²) in [7, 11) is 0. The van der Waals surface area contributed by atoms with E-state index in [1.165, 1.54) is 0 Å². The van der Waals surface area contributed by atoms with Crippen molar-refractivity contribution in [2.24, 2.45) is 0 Å². The minimum absolute atomic E-state index is 0.0787. The largest absolute Gasteiger partial charge is 0.465 e. The fourth-order valence-corrected chi connectivity index (χ4v) is 1.48. The van der Waals surface area contributed by atoms with Crippen LogP contribution in [0.4, 0.5) is 14.9 Å². The summed E-state index contributed by atoms with van der Waals surface area (Å²) in [6.45, 7) is 0. The third-order valence-electron chi connectivity index (χ3n) is 1.16. The molecule has 0 aliphatic carbocycles. The molecule has 1 aromatic rings. The van der Waals surface area contributed by atoms with Crippen LogP contribution < -0.4 is 5.32 Å². The summed E-state index contributed by atoms with van der Waals surface area (Å²) in [4.78, 5) is 13.7. The SMILES string of the molecule is O=C(O)Nc1cnc(Cl)c(F)c1I. The lowest BCUT2D eigenvalue weighted by atomic mass is 10.4. The zero-order chi connectivity index (χ0) is 10.0. The number of carbonyl (C=O) groups is 1. The lowest BCUT2D eigenvalue weighted by molar-refractivity contribution is 0.209. The molecule has 1 rings (SSSR count). The first-order valence-corrected chi connectivity index (χ1v) is 4.47. The van der Waals surface area contributed by atoms with Gasteiger partial charge in [0.25, 0.3) is 0 Å². The molecule has 0 spiro atoms. The molecule has 0 radical (unpaired) electrons. The molecule has 1 aromatic heterocycles. The Kier molecular flexibility index (Phi) is 3.26. The molecule has 0 aliphatic heterocycles. The predicted molar refractivity (Wildman–Crippen MR) is 53.6 cm³/mol. The average Bonchev–Trinajstić information content (AvgIpc) is 2.06. The molecule has 0 bridgehead atoms. The van der Waals surface area contributed by atoms with Crippen LogP contribution in [0.15, 0.2) is 6.20 Å². The highest BCUT2D eigenvalue weighted by atomic mass is 127. The molecule has 1 heterocycles. The number of hydrogen-bond donors (Lipinski definition) is 2. The van der Waals surface area contributed by atoms with Crippen LogP contribution in [0.3, 0.4) is 0 Å². The van der Waals surface area contributed by atoms with E-state index >= 15 is 0 Å². The third kappa shape index (κ3) is 2.41. The van der Waals surface area contributed by atoms with E-state index in [4.69, 9.17) is 16.7 Å². The number of hydrogen-bond acceptors (Lipinski definition) is 2. The molecule has 13 heavy (non-hydrogen) atoms. The van der Waals surface area contributed by atoms with Gasteiger partial charge in [-0.3, -0.25) is 5.32 Å². The van der Waals surface area contributed by atoms with Crippen LogP contribution in [0.5, 0.6) is 0 Å². The van der Waals surface area contributed by atoms with Crippen molar-refractivity contribution in [2.75, 3.05) is 5.32 Å². The Hall–Kier alpha value is -0.630. The number of carboxylic acid groups (broad SMARTS) is 1. The Morgan fingerprint density at radius 2 is 2.38 bits per heavy atom. The number of anilines is 1. The van der Waals surface area contributed by atoms with Crippen LogP contribution in [0, 0.1) is 9.39 Å². The fraction of sp³-hybridized carbons (Fsp3) is 0. The van der Waals surface area contributed by atoms with Gasteiger partial charge in [-0.1, -0.05) is 11.6 Å². The second-order valence-electron chi connectivity index (χ2n) is 2.02. The summed E-state index contributed by atoms with van der Waals surface area (Å²) < 4.78 is 13.1. The summed E-state index contributed by atoms with van der Waals surface area (Å²) in [6.07, 6.45) is -0.122. The number of nitrogens with zero attached hydrogens (tertiary/aromatic N) is 1. The minimum Gasteiger partial charge on any atom is -0.465 e. The van der Waals surface area contributed by atoms with Crippen molar-refractivity contribution >= 4 is 46.0 Å². The van der Waals surface area contributed by atoms with Gasteiger partial charge in [0, 0.05) is 0 Å². The Morgan fingerprint density at radius 3 is 2.92 bits per heavy atom. The molecular weight excluding hydrogens is 313 g/mol. The monoisotopic (exact) mass is 316 g/mol. The van der Waals surface area contributed by atoms with Gasteiger partial charge in [0.15, 0.2) is 11.0 Å². The molecule has 0 fully saturated rings. The maximum atomic E-state index is 13.0. The van der Waals surface area contributed by atoms with E-state index in [-0.39, 0.29) is 14.4 Å². The normalized spacial score (nSPS) is 9.77. The smallest absolute Gasteiger partial charge is 0.409 e. The van der Waals surface area contributed by atoms with Crippen LogP contribution >= 0.6 is 34.2 Å². The van der Waals surface area contributed by atoms with Gasteiger partial charge < -0.3 is 5.11 Å². The Balaban J connectivity index is 3.10. The Morgan fingerprint density at radius 1 is 1.77 bits per heavy atom. The summed E-state index contributed by atoms with van der Waals surface area (Å²) in [5.74, 6) is -0.728. The van der Waals surface area contributed by atoms with Gasteiger partial charge in [-0.05, 0) is 22.6 Å². The van der Waals surface area contributed by atoms with E-state index in [9.17, 15) is 9.18 Å². The molecule has 2 N–H and O–H groups in total. The highest BCUT2D eigenvalue weighted by Crippen LogP contribution is 2.24. The quantitative estimate of drug-likeness (QED) is 0.618. The maximum absolute atomic E-state index is 13.0. The van der Waals surface area contributed by atoms with Crippen LogP contribution in [0.25, 0.3) is 0 Å². The third-order valence-corrected chi connectivity index (χ3v) is 2.48. The van der Waals surface area contributed by atoms with E-state index in [0.717, 1.165) is 6.20 Å². The summed E-state index contributed by atoms with van der Waals surface area (Å²) in [5, 5.41) is 10.1. The van der Waals surface area contributed by atoms with Gasteiger partial charge in [-0.15, -0.1) is 0 Å². The molecule has 70 valence electrons. The summed E-state index contributed by atoms with van der Waals surface area (Å²) >= 11 is 6.99. The van der Waals surface area contributed by atoms with Crippen LogP contribution in [0.1, 0.15) is 0 Å². The first-order chi connectivity index (χ1) is 6.02. The standard InChI is InChI=1S/C6H3ClFIN2O2/c7-5-3(8)4(9)2(1-10-5)11-6(12)13/h1,11H,(H,12,13).